The Hall–Kier alpha value is -2.36. The van der Waals surface area contributed by atoms with Crippen LogP contribution in [0.25, 0.3) is 0 Å². The largest absolute Gasteiger partial charge is 0.383 e. The number of carbonyl (C=O) groups excluding carboxylic acids is 1. The van der Waals surface area contributed by atoms with Crippen LogP contribution >= 0.6 is 0 Å². The Balaban J connectivity index is 1.91. The maximum absolute atomic E-state index is 12.7. The lowest BCUT2D eigenvalue weighted by Crippen LogP contribution is -2.47. The highest BCUT2D eigenvalue weighted by Crippen LogP contribution is 2.37. The zero-order valence-electron chi connectivity index (χ0n) is 12.6. The molecule has 22 heavy (non-hydrogen) atoms. The van der Waals surface area contributed by atoms with E-state index in [9.17, 15) is 4.79 Å². The molecule has 0 spiro atoms. The number of nitrogens with two attached hydrogens (primary N) is 1. The van der Waals surface area contributed by atoms with Gasteiger partial charge in [0, 0.05) is 6.20 Å². The number of pyridine rings is 1. The molecule has 3 N–H and O–H groups in total. The molecule has 1 aromatic carbocycles. The Morgan fingerprint density at radius 3 is 2.45 bits per heavy atom. The maximum atomic E-state index is 12.7. The predicted molar refractivity (Wildman–Crippen MR) is 87.3 cm³/mol. The minimum atomic E-state index is -0.293. The molecule has 1 heterocycles. The fourth-order valence-corrected chi connectivity index (χ4v) is 3.29. The van der Waals surface area contributed by atoms with Gasteiger partial charge in [-0.05, 0) is 30.5 Å². The number of aromatic nitrogens is 1. The molecule has 114 valence electrons. The van der Waals surface area contributed by atoms with Crippen LogP contribution in [-0.4, -0.2) is 10.9 Å². The molecule has 3 rings (SSSR count). The minimum absolute atomic E-state index is 0.142. The Bertz CT molecular complexity index is 648. The van der Waals surface area contributed by atoms with E-state index in [1.165, 1.54) is 12.0 Å². The summed E-state index contributed by atoms with van der Waals surface area (Å²) in [5.41, 5.74) is 7.16. The highest BCUT2D eigenvalue weighted by atomic mass is 16.1. The zero-order valence-corrected chi connectivity index (χ0v) is 12.6. The van der Waals surface area contributed by atoms with Crippen LogP contribution in [0, 0.1) is 0 Å². The first-order chi connectivity index (χ1) is 10.7. The van der Waals surface area contributed by atoms with Crippen molar-refractivity contribution in [3.63, 3.8) is 0 Å². The second-order valence-electron chi connectivity index (χ2n) is 5.90. The predicted octanol–water partition coefficient (Wildman–Crippen LogP) is 3.25. The molecular formula is C18H21N3O. The van der Waals surface area contributed by atoms with E-state index < -0.39 is 0 Å². The normalized spacial score (nSPS) is 16.9. The van der Waals surface area contributed by atoms with Gasteiger partial charge in [0.25, 0.3) is 5.91 Å². The lowest BCUT2D eigenvalue weighted by atomic mass is 9.76. The average molecular weight is 295 g/mol. The van der Waals surface area contributed by atoms with Crippen LogP contribution in [0.3, 0.4) is 0 Å². The number of nitrogens with one attached hydrogen (secondary N) is 1. The third-order valence-electron chi connectivity index (χ3n) is 4.47. The van der Waals surface area contributed by atoms with E-state index in [0.717, 1.165) is 25.7 Å². The molecular weight excluding hydrogens is 274 g/mol. The number of hydrogen-bond donors (Lipinski definition) is 2. The monoisotopic (exact) mass is 295 g/mol. The van der Waals surface area contributed by atoms with Gasteiger partial charge in [0.15, 0.2) is 0 Å². The zero-order chi connectivity index (χ0) is 15.4. The van der Waals surface area contributed by atoms with Crippen LogP contribution < -0.4 is 11.1 Å². The van der Waals surface area contributed by atoms with E-state index in [0.29, 0.717) is 5.56 Å². The molecule has 1 amide bonds. The lowest BCUT2D eigenvalue weighted by molar-refractivity contribution is 0.0867. The van der Waals surface area contributed by atoms with Gasteiger partial charge in [0.05, 0.1) is 11.1 Å². The topological polar surface area (TPSA) is 68.0 Å². The van der Waals surface area contributed by atoms with Gasteiger partial charge in [-0.1, -0.05) is 49.6 Å². The number of nitrogens with zero attached hydrogens (tertiary/aromatic N) is 1. The fourth-order valence-electron chi connectivity index (χ4n) is 3.29. The van der Waals surface area contributed by atoms with Crippen molar-refractivity contribution in [2.75, 3.05) is 5.73 Å². The smallest absolute Gasteiger partial charge is 0.255 e. The van der Waals surface area contributed by atoms with Crippen molar-refractivity contribution in [2.24, 2.45) is 0 Å². The summed E-state index contributed by atoms with van der Waals surface area (Å²) < 4.78 is 0. The Kier molecular flexibility index (Phi) is 4.09. The number of benzene rings is 1. The van der Waals surface area contributed by atoms with Gasteiger partial charge in [-0.15, -0.1) is 0 Å². The van der Waals surface area contributed by atoms with Gasteiger partial charge in [0.2, 0.25) is 0 Å². The van der Waals surface area contributed by atoms with Gasteiger partial charge in [-0.25, -0.2) is 4.98 Å². The van der Waals surface area contributed by atoms with Crippen LogP contribution in [0.5, 0.6) is 0 Å². The second-order valence-corrected chi connectivity index (χ2v) is 5.90. The second kappa shape index (κ2) is 6.18. The van der Waals surface area contributed by atoms with Crippen molar-refractivity contribution in [1.82, 2.24) is 10.3 Å². The highest BCUT2D eigenvalue weighted by Gasteiger charge is 2.35. The minimum Gasteiger partial charge on any atom is -0.383 e. The van der Waals surface area contributed by atoms with Crippen LogP contribution in [0.2, 0.25) is 0 Å². The molecule has 1 fully saturated rings. The Labute approximate surface area is 130 Å². The summed E-state index contributed by atoms with van der Waals surface area (Å²) in [6.07, 6.45) is 6.99. The molecule has 1 aliphatic carbocycles. The highest BCUT2D eigenvalue weighted by molar-refractivity contribution is 5.98. The first-order valence-electron chi connectivity index (χ1n) is 7.80. The third kappa shape index (κ3) is 2.82. The molecule has 1 saturated carbocycles. The van der Waals surface area contributed by atoms with E-state index in [4.69, 9.17) is 5.73 Å². The molecule has 0 aliphatic heterocycles. The average Bonchev–Trinajstić information content (AvgIpc) is 2.57. The molecule has 2 aromatic rings. The van der Waals surface area contributed by atoms with Crippen molar-refractivity contribution in [1.29, 1.82) is 0 Å². The molecule has 1 aliphatic rings. The summed E-state index contributed by atoms with van der Waals surface area (Å²) in [7, 11) is 0. The van der Waals surface area contributed by atoms with Crippen molar-refractivity contribution in [2.45, 2.75) is 37.6 Å². The van der Waals surface area contributed by atoms with E-state index in [1.807, 2.05) is 18.2 Å². The van der Waals surface area contributed by atoms with Crippen LogP contribution in [0.4, 0.5) is 5.82 Å². The summed E-state index contributed by atoms with van der Waals surface area (Å²) >= 11 is 0. The molecule has 0 bridgehead atoms. The summed E-state index contributed by atoms with van der Waals surface area (Å²) in [6.45, 7) is 0. The van der Waals surface area contributed by atoms with Gasteiger partial charge >= 0.3 is 0 Å². The molecule has 4 heteroatoms. The summed E-state index contributed by atoms with van der Waals surface area (Å²) in [6, 6.07) is 13.7. The van der Waals surface area contributed by atoms with Crippen LogP contribution in [-0.2, 0) is 5.54 Å². The summed E-state index contributed by atoms with van der Waals surface area (Å²) in [4.78, 5) is 16.7. The fraction of sp³-hybridized carbons (Fsp3) is 0.333. The number of carbonyl (C=O) groups is 1. The Morgan fingerprint density at radius 2 is 1.77 bits per heavy atom. The molecule has 4 nitrogen and oxygen atoms in total. The number of amides is 1. The van der Waals surface area contributed by atoms with E-state index >= 15 is 0 Å². The Morgan fingerprint density at radius 1 is 1.05 bits per heavy atom. The summed E-state index contributed by atoms with van der Waals surface area (Å²) in [5.74, 6) is 0.135. The van der Waals surface area contributed by atoms with Crippen molar-refractivity contribution >= 4 is 11.7 Å². The number of rotatable bonds is 3. The molecule has 1 aromatic heterocycles. The first kappa shape index (κ1) is 14.6. The third-order valence-corrected chi connectivity index (χ3v) is 4.47. The SMILES string of the molecule is Nc1ncccc1C(=O)NC1(c2ccccc2)CCCCC1. The molecule has 0 unspecified atom stereocenters. The van der Waals surface area contributed by atoms with E-state index in [2.05, 4.69) is 22.4 Å². The quantitative estimate of drug-likeness (QED) is 0.913. The maximum Gasteiger partial charge on any atom is 0.255 e. The van der Waals surface area contributed by atoms with E-state index in [1.54, 1.807) is 18.3 Å². The molecule has 0 radical (unpaired) electrons. The number of nitrogen functional groups attached to an aromatic ring is 1. The number of hydrogen-bond acceptors (Lipinski definition) is 3. The molecule has 0 atom stereocenters. The van der Waals surface area contributed by atoms with Gasteiger partial charge < -0.3 is 11.1 Å². The first-order valence-corrected chi connectivity index (χ1v) is 7.80. The van der Waals surface area contributed by atoms with Crippen molar-refractivity contribution in [3.8, 4) is 0 Å². The lowest BCUT2D eigenvalue weighted by Gasteiger charge is -2.38. The van der Waals surface area contributed by atoms with Gasteiger partial charge in [0.1, 0.15) is 5.82 Å². The van der Waals surface area contributed by atoms with Crippen LogP contribution in [0.1, 0.15) is 48.0 Å². The summed E-state index contributed by atoms with van der Waals surface area (Å²) in [5, 5.41) is 3.25. The van der Waals surface area contributed by atoms with Crippen LogP contribution in [0.15, 0.2) is 48.7 Å². The number of anilines is 1. The van der Waals surface area contributed by atoms with Crippen molar-refractivity contribution < 1.29 is 4.79 Å². The molecule has 0 saturated heterocycles. The standard InChI is InChI=1S/C18H21N3O/c19-16-15(10-7-13-20-16)17(22)21-18(11-5-2-6-12-18)14-8-3-1-4-9-14/h1,3-4,7-10,13H,2,5-6,11-12H2,(H2,19,20)(H,21,22). The van der Waals surface area contributed by atoms with Gasteiger partial charge in [-0.3, -0.25) is 4.79 Å². The van der Waals surface area contributed by atoms with Crippen molar-refractivity contribution in [3.05, 3.63) is 59.8 Å². The van der Waals surface area contributed by atoms with Gasteiger partial charge in [-0.2, -0.15) is 0 Å². The van der Waals surface area contributed by atoms with E-state index in [-0.39, 0.29) is 17.3 Å².